The third-order valence-electron chi connectivity index (χ3n) is 3.81. The fourth-order valence-electron chi connectivity index (χ4n) is 3.44. The Bertz CT molecular complexity index is 452. The van der Waals surface area contributed by atoms with Crippen LogP contribution in [0.3, 0.4) is 0 Å². The van der Waals surface area contributed by atoms with E-state index in [1.165, 1.54) is 11.1 Å². The summed E-state index contributed by atoms with van der Waals surface area (Å²) in [5.41, 5.74) is 8.39. The summed E-state index contributed by atoms with van der Waals surface area (Å²) in [5, 5.41) is 0. The molecule has 2 rings (SSSR count). The van der Waals surface area contributed by atoms with Gasteiger partial charge < -0.3 is 10.5 Å². The lowest BCUT2D eigenvalue weighted by Crippen LogP contribution is -2.58. The lowest BCUT2D eigenvalue weighted by Gasteiger charge is -2.49. The second kappa shape index (κ2) is 5.47. The van der Waals surface area contributed by atoms with Crippen LogP contribution in [0.25, 0.3) is 0 Å². The average Bonchev–Trinajstić information content (AvgIpc) is 2.25. The lowest BCUT2D eigenvalue weighted by molar-refractivity contribution is -0.187. The molecule has 20 heavy (non-hydrogen) atoms. The molecule has 1 aromatic rings. The molecular formula is C17H28N2O. The monoisotopic (exact) mass is 276 g/mol. The summed E-state index contributed by atoms with van der Waals surface area (Å²) in [5.74, 6) is 0. The van der Waals surface area contributed by atoms with Gasteiger partial charge in [-0.3, -0.25) is 4.90 Å². The third kappa shape index (κ3) is 3.60. The van der Waals surface area contributed by atoms with Crippen LogP contribution in [0.15, 0.2) is 24.3 Å². The number of nitrogens with two attached hydrogens (primary N) is 1. The first kappa shape index (κ1) is 15.5. The van der Waals surface area contributed by atoms with Crippen LogP contribution in [0.5, 0.6) is 0 Å². The van der Waals surface area contributed by atoms with E-state index in [1.54, 1.807) is 0 Å². The van der Waals surface area contributed by atoms with Gasteiger partial charge in [0.1, 0.15) is 0 Å². The van der Waals surface area contributed by atoms with E-state index in [0.717, 1.165) is 13.1 Å². The predicted molar refractivity (Wildman–Crippen MR) is 83.8 cm³/mol. The number of rotatable bonds is 3. The van der Waals surface area contributed by atoms with Crippen molar-refractivity contribution in [2.75, 3.05) is 19.6 Å². The molecular weight excluding hydrogens is 248 g/mol. The van der Waals surface area contributed by atoms with Crippen LogP contribution in [0.1, 0.15) is 44.9 Å². The quantitative estimate of drug-likeness (QED) is 0.922. The Morgan fingerprint density at radius 2 is 1.80 bits per heavy atom. The normalized spacial score (nSPS) is 23.5. The summed E-state index contributed by atoms with van der Waals surface area (Å²) in [6.07, 6.45) is 0. The Morgan fingerprint density at radius 1 is 1.20 bits per heavy atom. The van der Waals surface area contributed by atoms with Gasteiger partial charge >= 0.3 is 0 Å². The van der Waals surface area contributed by atoms with Crippen molar-refractivity contribution in [3.05, 3.63) is 35.4 Å². The molecule has 112 valence electrons. The van der Waals surface area contributed by atoms with E-state index in [1.807, 2.05) is 0 Å². The first-order valence-corrected chi connectivity index (χ1v) is 7.43. The lowest BCUT2D eigenvalue weighted by atomic mass is 9.94. The average molecular weight is 276 g/mol. The van der Waals surface area contributed by atoms with Crippen LogP contribution < -0.4 is 5.73 Å². The fraction of sp³-hybridized carbons (Fsp3) is 0.647. The highest BCUT2D eigenvalue weighted by molar-refractivity contribution is 5.25. The smallest absolute Gasteiger partial charge is 0.0761 e. The number of hydrogen-bond acceptors (Lipinski definition) is 3. The van der Waals surface area contributed by atoms with Gasteiger partial charge in [-0.25, -0.2) is 0 Å². The van der Waals surface area contributed by atoms with Crippen molar-refractivity contribution in [2.24, 2.45) is 5.73 Å². The van der Waals surface area contributed by atoms with E-state index in [9.17, 15) is 0 Å². The minimum absolute atomic E-state index is 0.140. The molecule has 0 aromatic heterocycles. The summed E-state index contributed by atoms with van der Waals surface area (Å²) in [6, 6.07) is 8.93. The molecule has 0 saturated carbocycles. The maximum Gasteiger partial charge on any atom is 0.0761 e. The van der Waals surface area contributed by atoms with Gasteiger partial charge in [-0.1, -0.05) is 29.8 Å². The number of aryl methyl sites for hydroxylation is 1. The maximum absolute atomic E-state index is 6.16. The molecule has 1 aliphatic heterocycles. The zero-order valence-electron chi connectivity index (χ0n) is 13.4. The molecule has 3 heteroatoms. The highest BCUT2D eigenvalue weighted by Crippen LogP contribution is 2.33. The van der Waals surface area contributed by atoms with Gasteiger partial charge in [0.15, 0.2) is 0 Å². The molecule has 0 radical (unpaired) electrons. The molecule has 2 N–H and O–H groups in total. The molecule has 0 bridgehead atoms. The molecule has 1 unspecified atom stereocenters. The fourth-order valence-corrected chi connectivity index (χ4v) is 3.44. The summed E-state index contributed by atoms with van der Waals surface area (Å²) < 4.78 is 6.16. The minimum Gasteiger partial charge on any atom is -0.367 e. The Morgan fingerprint density at radius 3 is 2.30 bits per heavy atom. The van der Waals surface area contributed by atoms with E-state index in [0.29, 0.717) is 6.54 Å². The van der Waals surface area contributed by atoms with Gasteiger partial charge in [-0.2, -0.15) is 0 Å². The number of nitrogens with zero attached hydrogens (tertiary/aromatic N) is 1. The SMILES string of the molecule is Cc1cccc(C(CN)N2CC(C)(C)OC(C)(C)C2)c1. The van der Waals surface area contributed by atoms with Crippen LogP contribution in [-0.4, -0.2) is 35.7 Å². The van der Waals surface area contributed by atoms with Gasteiger partial charge in [0, 0.05) is 25.7 Å². The largest absolute Gasteiger partial charge is 0.367 e. The molecule has 1 aliphatic rings. The number of hydrogen-bond donors (Lipinski definition) is 1. The minimum atomic E-state index is -0.140. The maximum atomic E-state index is 6.16. The van der Waals surface area contributed by atoms with Crippen LogP contribution in [-0.2, 0) is 4.74 Å². The zero-order chi connectivity index (χ0) is 15.0. The second-order valence-corrected chi connectivity index (χ2v) is 7.19. The van der Waals surface area contributed by atoms with E-state index in [-0.39, 0.29) is 17.2 Å². The molecule has 1 saturated heterocycles. The Labute approximate surface area is 123 Å². The summed E-state index contributed by atoms with van der Waals surface area (Å²) in [6.45, 7) is 13.2. The van der Waals surface area contributed by atoms with Crippen molar-refractivity contribution in [1.29, 1.82) is 0 Å². The first-order valence-electron chi connectivity index (χ1n) is 7.43. The van der Waals surface area contributed by atoms with Crippen molar-refractivity contribution < 1.29 is 4.74 Å². The second-order valence-electron chi connectivity index (χ2n) is 7.19. The predicted octanol–water partition coefficient (Wildman–Crippen LogP) is 2.88. The van der Waals surface area contributed by atoms with E-state index in [4.69, 9.17) is 10.5 Å². The van der Waals surface area contributed by atoms with Gasteiger partial charge in [0.2, 0.25) is 0 Å². The standard InChI is InChI=1S/C17H28N2O/c1-13-7-6-8-14(9-13)15(10-18)19-11-16(2,3)20-17(4,5)12-19/h6-9,15H,10-12,18H2,1-5H3. The summed E-state index contributed by atoms with van der Waals surface area (Å²) in [7, 11) is 0. The van der Waals surface area contributed by atoms with E-state index < -0.39 is 0 Å². The van der Waals surface area contributed by atoms with Gasteiger partial charge in [-0.05, 0) is 40.2 Å². The topological polar surface area (TPSA) is 38.5 Å². The van der Waals surface area contributed by atoms with Crippen LogP contribution >= 0.6 is 0 Å². The van der Waals surface area contributed by atoms with Gasteiger partial charge in [0.05, 0.1) is 11.2 Å². The Kier molecular flexibility index (Phi) is 4.24. The molecule has 1 heterocycles. The Hall–Kier alpha value is -0.900. The number of benzene rings is 1. The molecule has 1 atom stereocenters. The molecule has 0 amide bonds. The van der Waals surface area contributed by atoms with E-state index in [2.05, 4.69) is 63.8 Å². The van der Waals surface area contributed by atoms with Gasteiger partial charge in [0.25, 0.3) is 0 Å². The molecule has 1 aromatic carbocycles. The van der Waals surface area contributed by atoms with Crippen molar-refractivity contribution in [1.82, 2.24) is 4.90 Å². The highest BCUT2D eigenvalue weighted by Gasteiger charge is 2.40. The highest BCUT2D eigenvalue weighted by atomic mass is 16.5. The molecule has 3 nitrogen and oxygen atoms in total. The molecule has 0 spiro atoms. The van der Waals surface area contributed by atoms with Crippen LogP contribution in [0.2, 0.25) is 0 Å². The van der Waals surface area contributed by atoms with Crippen LogP contribution in [0.4, 0.5) is 0 Å². The molecule has 0 aliphatic carbocycles. The van der Waals surface area contributed by atoms with E-state index >= 15 is 0 Å². The molecule has 1 fully saturated rings. The third-order valence-corrected chi connectivity index (χ3v) is 3.81. The van der Waals surface area contributed by atoms with Crippen molar-refractivity contribution >= 4 is 0 Å². The first-order chi connectivity index (χ1) is 9.22. The number of ether oxygens (including phenoxy) is 1. The zero-order valence-corrected chi connectivity index (χ0v) is 13.4. The summed E-state index contributed by atoms with van der Waals surface area (Å²) >= 11 is 0. The Balaban J connectivity index is 2.27. The van der Waals surface area contributed by atoms with Crippen molar-refractivity contribution in [3.63, 3.8) is 0 Å². The van der Waals surface area contributed by atoms with Crippen LogP contribution in [0, 0.1) is 6.92 Å². The summed E-state index contributed by atoms with van der Waals surface area (Å²) in [4.78, 5) is 2.47. The van der Waals surface area contributed by atoms with Gasteiger partial charge in [-0.15, -0.1) is 0 Å². The van der Waals surface area contributed by atoms with Crippen molar-refractivity contribution in [2.45, 2.75) is 51.9 Å². The number of morpholine rings is 1. The van der Waals surface area contributed by atoms with Crippen molar-refractivity contribution in [3.8, 4) is 0 Å².